The first-order chi connectivity index (χ1) is 10.3. The van der Waals surface area contributed by atoms with Gasteiger partial charge in [-0.15, -0.1) is 0 Å². The molecule has 0 fully saturated rings. The maximum absolute atomic E-state index is 8.71. The minimum absolute atomic E-state index is 0.0226. The van der Waals surface area contributed by atoms with Gasteiger partial charge < -0.3 is 9.84 Å². The molecule has 3 rings (SSSR count). The van der Waals surface area contributed by atoms with Crippen LogP contribution in [0.15, 0.2) is 53.1 Å². The van der Waals surface area contributed by atoms with Crippen molar-refractivity contribution in [2.45, 2.75) is 0 Å². The van der Waals surface area contributed by atoms with Crippen LogP contribution in [0, 0.1) is 0 Å². The molecule has 2 aromatic heterocycles. The molecule has 0 aliphatic carbocycles. The van der Waals surface area contributed by atoms with Gasteiger partial charge in [0.05, 0.1) is 17.8 Å². The van der Waals surface area contributed by atoms with Gasteiger partial charge in [0.1, 0.15) is 6.61 Å². The Bertz CT molecular complexity index is 760. The van der Waals surface area contributed by atoms with Gasteiger partial charge in [0.25, 0.3) is 0 Å². The number of hydrogen-bond acceptors (Lipinski definition) is 4. The van der Waals surface area contributed by atoms with E-state index in [1.165, 1.54) is 0 Å². The lowest BCUT2D eigenvalue weighted by molar-refractivity contribution is 0.196. The SMILES string of the molecule is OCCOc1ccc(-c2ccc3cc(Br)ccc3n2)cn1. The molecule has 0 aliphatic rings. The Morgan fingerprint density at radius 3 is 2.76 bits per heavy atom. The lowest BCUT2D eigenvalue weighted by Crippen LogP contribution is -2.02. The predicted octanol–water partition coefficient (Wildman–Crippen LogP) is 3.43. The largest absolute Gasteiger partial charge is 0.475 e. The monoisotopic (exact) mass is 344 g/mol. The summed E-state index contributed by atoms with van der Waals surface area (Å²) in [5.41, 5.74) is 2.73. The normalized spacial score (nSPS) is 10.8. The molecule has 1 aromatic carbocycles. The molecule has 0 unspecified atom stereocenters. The zero-order valence-corrected chi connectivity index (χ0v) is 12.7. The fraction of sp³-hybridized carbons (Fsp3) is 0.125. The Balaban J connectivity index is 1.91. The lowest BCUT2D eigenvalue weighted by atomic mass is 10.1. The maximum atomic E-state index is 8.71. The second-order valence-electron chi connectivity index (χ2n) is 4.49. The van der Waals surface area contributed by atoms with Gasteiger partial charge in [-0.2, -0.15) is 0 Å². The predicted molar refractivity (Wildman–Crippen MR) is 85.3 cm³/mol. The molecule has 0 saturated heterocycles. The fourth-order valence-electron chi connectivity index (χ4n) is 2.02. The van der Waals surface area contributed by atoms with Crippen LogP contribution in [0.25, 0.3) is 22.2 Å². The first kappa shape index (κ1) is 14.0. The average Bonchev–Trinajstić information content (AvgIpc) is 2.53. The van der Waals surface area contributed by atoms with Crippen molar-refractivity contribution >= 4 is 26.8 Å². The summed E-state index contributed by atoms with van der Waals surface area (Å²) in [7, 11) is 0. The summed E-state index contributed by atoms with van der Waals surface area (Å²) in [6.07, 6.45) is 1.72. The van der Waals surface area contributed by atoms with Crippen molar-refractivity contribution < 1.29 is 9.84 Å². The second-order valence-corrected chi connectivity index (χ2v) is 5.41. The summed E-state index contributed by atoms with van der Waals surface area (Å²) in [6.45, 7) is 0.223. The van der Waals surface area contributed by atoms with Crippen LogP contribution in [0.5, 0.6) is 5.88 Å². The summed E-state index contributed by atoms with van der Waals surface area (Å²) in [5.74, 6) is 0.498. The number of aromatic nitrogens is 2. The second kappa shape index (κ2) is 6.20. The van der Waals surface area contributed by atoms with Crippen molar-refractivity contribution in [1.82, 2.24) is 9.97 Å². The van der Waals surface area contributed by atoms with Crippen LogP contribution in [-0.2, 0) is 0 Å². The van der Waals surface area contributed by atoms with Crippen LogP contribution in [0.3, 0.4) is 0 Å². The van der Waals surface area contributed by atoms with Gasteiger partial charge in [-0.05, 0) is 30.3 Å². The topological polar surface area (TPSA) is 55.2 Å². The minimum Gasteiger partial charge on any atom is -0.475 e. The molecule has 0 bridgehead atoms. The van der Waals surface area contributed by atoms with Crippen LogP contribution in [0.4, 0.5) is 0 Å². The molecular formula is C16H13BrN2O2. The number of pyridine rings is 2. The van der Waals surface area contributed by atoms with Gasteiger partial charge in [-0.25, -0.2) is 9.97 Å². The number of fused-ring (bicyclic) bond motifs is 1. The number of halogens is 1. The van der Waals surface area contributed by atoms with E-state index in [0.29, 0.717) is 5.88 Å². The maximum Gasteiger partial charge on any atom is 0.213 e. The molecule has 0 saturated carbocycles. The minimum atomic E-state index is -0.0226. The first-order valence-electron chi connectivity index (χ1n) is 6.53. The highest BCUT2D eigenvalue weighted by atomic mass is 79.9. The number of hydrogen-bond donors (Lipinski definition) is 1. The number of nitrogens with zero attached hydrogens (tertiary/aromatic N) is 2. The third-order valence-corrected chi connectivity index (χ3v) is 3.52. The first-order valence-corrected chi connectivity index (χ1v) is 7.32. The summed E-state index contributed by atoms with van der Waals surface area (Å²) in [4.78, 5) is 8.84. The van der Waals surface area contributed by atoms with E-state index < -0.39 is 0 Å². The van der Waals surface area contributed by atoms with E-state index >= 15 is 0 Å². The number of rotatable bonds is 4. The quantitative estimate of drug-likeness (QED) is 0.787. The van der Waals surface area contributed by atoms with Crippen LogP contribution in [0.1, 0.15) is 0 Å². The number of aliphatic hydroxyl groups excluding tert-OH is 1. The van der Waals surface area contributed by atoms with Gasteiger partial charge >= 0.3 is 0 Å². The van der Waals surface area contributed by atoms with E-state index in [2.05, 4.69) is 25.9 Å². The lowest BCUT2D eigenvalue weighted by Gasteiger charge is -2.06. The zero-order chi connectivity index (χ0) is 14.7. The van der Waals surface area contributed by atoms with Gasteiger partial charge in [0.15, 0.2) is 0 Å². The Hall–Kier alpha value is -1.98. The van der Waals surface area contributed by atoms with E-state index in [0.717, 1.165) is 26.6 Å². The summed E-state index contributed by atoms with van der Waals surface area (Å²) < 4.78 is 6.28. The van der Waals surface area contributed by atoms with E-state index in [1.807, 2.05) is 36.4 Å². The third kappa shape index (κ3) is 3.20. The van der Waals surface area contributed by atoms with Gasteiger partial charge in [0, 0.05) is 27.7 Å². The van der Waals surface area contributed by atoms with Crippen LogP contribution in [-0.4, -0.2) is 28.3 Å². The molecule has 5 heteroatoms. The Kier molecular flexibility index (Phi) is 4.13. The highest BCUT2D eigenvalue weighted by Gasteiger charge is 2.03. The zero-order valence-electron chi connectivity index (χ0n) is 11.2. The van der Waals surface area contributed by atoms with E-state index in [9.17, 15) is 0 Å². The standard InChI is InChI=1S/C16H13BrN2O2/c17-13-3-5-14-11(9-13)1-4-15(19-14)12-2-6-16(18-10-12)21-8-7-20/h1-6,9-10,20H,7-8H2. The van der Waals surface area contributed by atoms with E-state index in [4.69, 9.17) is 9.84 Å². The molecule has 2 heterocycles. The van der Waals surface area contributed by atoms with Gasteiger partial charge in [-0.1, -0.05) is 22.0 Å². The van der Waals surface area contributed by atoms with Crippen LogP contribution < -0.4 is 4.74 Å². The summed E-state index contributed by atoms with van der Waals surface area (Å²) in [6, 6.07) is 13.7. The molecule has 0 atom stereocenters. The molecule has 21 heavy (non-hydrogen) atoms. The number of benzene rings is 1. The highest BCUT2D eigenvalue weighted by Crippen LogP contribution is 2.23. The Morgan fingerprint density at radius 1 is 1.10 bits per heavy atom. The van der Waals surface area contributed by atoms with Crippen molar-refractivity contribution in [2.75, 3.05) is 13.2 Å². The Morgan fingerprint density at radius 2 is 2.00 bits per heavy atom. The summed E-state index contributed by atoms with van der Waals surface area (Å²) in [5, 5.41) is 9.80. The molecule has 4 nitrogen and oxygen atoms in total. The molecule has 106 valence electrons. The fourth-order valence-corrected chi connectivity index (χ4v) is 2.40. The van der Waals surface area contributed by atoms with Gasteiger partial charge in [-0.3, -0.25) is 0 Å². The van der Waals surface area contributed by atoms with E-state index in [1.54, 1.807) is 12.3 Å². The number of aliphatic hydroxyl groups is 1. The van der Waals surface area contributed by atoms with Crippen molar-refractivity contribution in [3.05, 3.63) is 53.1 Å². The third-order valence-electron chi connectivity index (χ3n) is 3.02. The molecule has 3 aromatic rings. The number of ether oxygens (including phenoxy) is 1. The molecule has 1 N–H and O–H groups in total. The van der Waals surface area contributed by atoms with E-state index in [-0.39, 0.29) is 13.2 Å². The average molecular weight is 345 g/mol. The molecule has 0 spiro atoms. The van der Waals surface area contributed by atoms with Crippen molar-refractivity contribution in [2.24, 2.45) is 0 Å². The van der Waals surface area contributed by atoms with Crippen molar-refractivity contribution in [1.29, 1.82) is 0 Å². The molecular weight excluding hydrogens is 332 g/mol. The van der Waals surface area contributed by atoms with Crippen LogP contribution in [0.2, 0.25) is 0 Å². The highest BCUT2D eigenvalue weighted by molar-refractivity contribution is 9.10. The van der Waals surface area contributed by atoms with Crippen molar-refractivity contribution in [3.63, 3.8) is 0 Å². The van der Waals surface area contributed by atoms with Crippen LogP contribution >= 0.6 is 15.9 Å². The molecule has 0 amide bonds. The van der Waals surface area contributed by atoms with Gasteiger partial charge in [0.2, 0.25) is 5.88 Å². The molecule has 0 radical (unpaired) electrons. The summed E-state index contributed by atoms with van der Waals surface area (Å²) >= 11 is 3.45. The Labute approximate surface area is 130 Å². The molecule has 0 aliphatic heterocycles. The van der Waals surface area contributed by atoms with Crippen molar-refractivity contribution in [3.8, 4) is 17.1 Å². The smallest absolute Gasteiger partial charge is 0.213 e.